The highest BCUT2D eigenvalue weighted by atomic mass is 15.3. The number of nitrogens with one attached hydrogen (secondary N) is 1. The lowest BCUT2D eigenvalue weighted by molar-refractivity contribution is 0.532. The molecule has 0 aliphatic rings. The minimum Gasteiger partial charge on any atom is -0.346 e. The van der Waals surface area contributed by atoms with Crippen LogP contribution in [-0.4, -0.2) is 19.7 Å². The van der Waals surface area contributed by atoms with Crippen LogP contribution in [0.5, 0.6) is 0 Å². The van der Waals surface area contributed by atoms with Crippen LogP contribution in [0.2, 0.25) is 0 Å². The third-order valence-corrected chi connectivity index (χ3v) is 4.38. The van der Waals surface area contributed by atoms with Crippen LogP contribution in [-0.2, 0) is 0 Å². The lowest BCUT2D eigenvalue weighted by Gasteiger charge is -2.15. The van der Waals surface area contributed by atoms with Crippen LogP contribution in [0.4, 0.5) is 0 Å². The average molecular weight is 338 g/mol. The molecule has 4 rings (SSSR count). The zero-order chi connectivity index (χ0) is 17.9. The summed E-state index contributed by atoms with van der Waals surface area (Å²) >= 11 is 0. The highest BCUT2D eigenvalue weighted by Crippen LogP contribution is 2.29. The van der Waals surface area contributed by atoms with Crippen molar-refractivity contribution in [2.75, 3.05) is 0 Å². The number of aromatic nitrogens is 4. The predicted molar refractivity (Wildman–Crippen MR) is 96.8 cm³/mol. The smallest absolute Gasteiger partial charge is 0.137 e. The lowest BCUT2D eigenvalue weighted by Crippen LogP contribution is -2.10. The van der Waals surface area contributed by atoms with Gasteiger partial charge >= 0.3 is 0 Å². The lowest BCUT2D eigenvalue weighted by atomic mass is 10.0. The SMILES string of the molecule is N#CCC(c1cccc(C#N)c1)n1cc(-c2ccnc3[nH]ccc23)cn1. The van der Waals surface area contributed by atoms with Crippen molar-refractivity contribution in [3.63, 3.8) is 0 Å². The maximum absolute atomic E-state index is 9.25. The molecule has 0 aliphatic heterocycles. The van der Waals surface area contributed by atoms with E-state index in [-0.39, 0.29) is 12.5 Å². The van der Waals surface area contributed by atoms with Crippen molar-refractivity contribution in [3.8, 4) is 23.3 Å². The van der Waals surface area contributed by atoms with Gasteiger partial charge in [-0.3, -0.25) is 4.68 Å². The number of rotatable bonds is 4. The van der Waals surface area contributed by atoms with Gasteiger partial charge in [0.05, 0.1) is 36.4 Å². The Kier molecular flexibility index (Phi) is 3.93. The van der Waals surface area contributed by atoms with E-state index in [1.165, 1.54) is 0 Å². The minimum atomic E-state index is -0.245. The van der Waals surface area contributed by atoms with Gasteiger partial charge in [0.15, 0.2) is 0 Å². The second kappa shape index (κ2) is 6.54. The summed E-state index contributed by atoms with van der Waals surface area (Å²) in [6.07, 6.45) is 7.61. The first kappa shape index (κ1) is 15.6. The summed E-state index contributed by atoms with van der Waals surface area (Å²) in [6, 6.07) is 15.4. The number of pyridine rings is 1. The fraction of sp³-hybridized carbons (Fsp3) is 0.100. The van der Waals surface area contributed by atoms with Crippen molar-refractivity contribution in [3.05, 3.63) is 72.3 Å². The molecule has 0 spiro atoms. The number of aromatic amines is 1. The van der Waals surface area contributed by atoms with Crippen molar-refractivity contribution in [1.29, 1.82) is 10.5 Å². The number of benzene rings is 1. The largest absolute Gasteiger partial charge is 0.346 e. The molecular formula is C20H14N6. The summed E-state index contributed by atoms with van der Waals surface area (Å²) in [5, 5.41) is 23.9. The Labute approximate surface area is 150 Å². The van der Waals surface area contributed by atoms with Gasteiger partial charge in [-0.05, 0) is 35.4 Å². The van der Waals surface area contributed by atoms with Crippen LogP contribution in [0.1, 0.15) is 23.6 Å². The average Bonchev–Trinajstić information content (AvgIpc) is 3.35. The number of H-pyrrole nitrogens is 1. The molecule has 6 heteroatoms. The molecule has 3 aromatic heterocycles. The molecule has 0 radical (unpaired) electrons. The van der Waals surface area contributed by atoms with Crippen LogP contribution >= 0.6 is 0 Å². The zero-order valence-electron chi connectivity index (χ0n) is 13.8. The van der Waals surface area contributed by atoms with Gasteiger partial charge in [-0.25, -0.2) is 4.98 Å². The van der Waals surface area contributed by atoms with E-state index in [4.69, 9.17) is 5.26 Å². The van der Waals surface area contributed by atoms with Crippen molar-refractivity contribution in [1.82, 2.24) is 19.7 Å². The van der Waals surface area contributed by atoms with Gasteiger partial charge in [-0.1, -0.05) is 12.1 Å². The highest BCUT2D eigenvalue weighted by Gasteiger charge is 2.17. The van der Waals surface area contributed by atoms with Crippen LogP contribution in [0.25, 0.3) is 22.2 Å². The molecule has 26 heavy (non-hydrogen) atoms. The third kappa shape index (κ3) is 2.70. The van der Waals surface area contributed by atoms with E-state index in [1.54, 1.807) is 29.2 Å². The van der Waals surface area contributed by atoms with Gasteiger partial charge in [0.2, 0.25) is 0 Å². The van der Waals surface area contributed by atoms with Gasteiger partial charge in [-0.2, -0.15) is 15.6 Å². The maximum atomic E-state index is 9.25. The van der Waals surface area contributed by atoms with Crippen LogP contribution in [0, 0.1) is 22.7 Å². The molecule has 4 aromatic rings. The summed E-state index contributed by atoms with van der Waals surface area (Å²) in [5.74, 6) is 0. The second-order valence-corrected chi connectivity index (χ2v) is 5.92. The molecule has 3 heterocycles. The predicted octanol–water partition coefficient (Wildman–Crippen LogP) is 3.80. The second-order valence-electron chi connectivity index (χ2n) is 5.92. The molecule has 124 valence electrons. The molecule has 0 fully saturated rings. The third-order valence-electron chi connectivity index (χ3n) is 4.38. The summed E-state index contributed by atoms with van der Waals surface area (Å²) in [4.78, 5) is 7.42. The Balaban J connectivity index is 1.76. The van der Waals surface area contributed by atoms with E-state index < -0.39 is 0 Å². The molecule has 0 amide bonds. The fourth-order valence-electron chi connectivity index (χ4n) is 3.13. The van der Waals surface area contributed by atoms with E-state index in [1.807, 2.05) is 36.7 Å². The van der Waals surface area contributed by atoms with Gasteiger partial charge in [0.25, 0.3) is 0 Å². The first-order valence-corrected chi connectivity index (χ1v) is 8.14. The van der Waals surface area contributed by atoms with Gasteiger partial charge < -0.3 is 4.98 Å². The zero-order valence-corrected chi connectivity index (χ0v) is 13.8. The van der Waals surface area contributed by atoms with Gasteiger partial charge in [0.1, 0.15) is 5.65 Å². The van der Waals surface area contributed by atoms with Gasteiger partial charge in [-0.15, -0.1) is 0 Å². The quantitative estimate of drug-likeness (QED) is 0.612. The Morgan fingerprint density at radius 3 is 2.96 bits per heavy atom. The number of nitrogens with zero attached hydrogens (tertiary/aromatic N) is 5. The van der Waals surface area contributed by atoms with Crippen LogP contribution in [0.15, 0.2) is 61.2 Å². The summed E-state index contributed by atoms with van der Waals surface area (Å²) in [6.45, 7) is 0. The monoisotopic (exact) mass is 338 g/mol. The molecule has 0 saturated carbocycles. The van der Waals surface area contributed by atoms with Gasteiger partial charge in [0, 0.05) is 29.5 Å². The molecule has 1 N–H and O–H groups in total. The summed E-state index contributed by atoms with van der Waals surface area (Å²) in [5.41, 5.74) is 4.27. The molecule has 0 bridgehead atoms. The number of hydrogen-bond acceptors (Lipinski definition) is 4. The normalized spacial score (nSPS) is 11.8. The summed E-state index contributed by atoms with van der Waals surface area (Å²) in [7, 11) is 0. The molecule has 1 aromatic carbocycles. The molecule has 0 aliphatic carbocycles. The Morgan fingerprint density at radius 2 is 2.12 bits per heavy atom. The molecule has 1 unspecified atom stereocenters. The number of nitriles is 2. The van der Waals surface area contributed by atoms with Crippen molar-refractivity contribution in [2.45, 2.75) is 12.5 Å². The highest BCUT2D eigenvalue weighted by molar-refractivity contribution is 5.92. The van der Waals surface area contributed by atoms with E-state index in [9.17, 15) is 5.26 Å². The standard InChI is InChI=1S/C20H14N6/c21-7-4-19(15-3-1-2-14(10-15)11-22)26-13-16(12-25-26)17-5-8-23-20-18(17)6-9-24-20/h1-3,5-6,8-10,12-13,19H,4H2,(H,23,24). The van der Waals surface area contributed by atoms with E-state index in [0.29, 0.717) is 5.56 Å². The van der Waals surface area contributed by atoms with E-state index in [2.05, 4.69) is 27.2 Å². The number of hydrogen-bond donors (Lipinski definition) is 1. The Bertz CT molecular complexity index is 1150. The van der Waals surface area contributed by atoms with E-state index in [0.717, 1.165) is 27.7 Å². The van der Waals surface area contributed by atoms with E-state index >= 15 is 0 Å². The van der Waals surface area contributed by atoms with Crippen molar-refractivity contribution < 1.29 is 0 Å². The fourth-order valence-corrected chi connectivity index (χ4v) is 3.13. The van der Waals surface area contributed by atoms with Crippen LogP contribution < -0.4 is 0 Å². The first-order valence-electron chi connectivity index (χ1n) is 8.14. The number of fused-ring (bicyclic) bond motifs is 1. The topological polar surface area (TPSA) is 94.1 Å². The van der Waals surface area contributed by atoms with Crippen molar-refractivity contribution in [2.24, 2.45) is 0 Å². The molecule has 6 nitrogen and oxygen atoms in total. The Morgan fingerprint density at radius 1 is 1.19 bits per heavy atom. The molecular weight excluding hydrogens is 324 g/mol. The minimum absolute atomic E-state index is 0.245. The maximum Gasteiger partial charge on any atom is 0.137 e. The molecule has 1 atom stereocenters. The Hall–Kier alpha value is -3.90. The van der Waals surface area contributed by atoms with Crippen molar-refractivity contribution >= 4 is 11.0 Å². The van der Waals surface area contributed by atoms with Crippen LogP contribution in [0.3, 0.4) is 0 Å². The molecule has 0 saturated heterocycles. The first-order chi connectivity index (χ1) is 12.8. The summed E-state index contributed by atoms with van der Waals surface area (Å²) < 4.78 is 1.79.